The molecule has 1 fully saturated rings. The molecule has 2 atom stereocenters. The van der Waals surface area contributed by atoms with Crippen molar-refractivity contribution < 1.29 is 0 Å². The van der Waals surface area contributed by atoms with E-state index in [1.54, 1.807) is 0 Å². The molecule has 0 aromatic rings. The Labute approximate surface area is 87.1 Å². The van der Waals surface area contributed by atoms with Gasteiger partial charge in [-0.25, -0.2) is 0 Å². The van der Waals surface area contributed by atoms with E-state index < -0.39 is 0 Å². The van der Waals surface area contributed by atoms with Crippen molar-refractivity contribution in [3.63, 3.8) is 0 Å². The molecule has 0 aromatic carbocycles. The molecule has 1 N–H and O–H groups in total. The Kier molecular flexibility index (Phi) is 4.92. The smallest absolute Gasteiger partial charge is 0.108 e. The predicted molar refractivity (Wildman–Crippen MR) is 57.9 cm³/mol. The second-order valence-corrected chi connectivity index (χ2v) is 4.17. The summed E-state index contributed by atoms with van der Waals surface area (Å²) in [6.07, 6.45) is 3.94. The summed E-state index contributed by atoms with van der Waals surface area (Å²) in [6.45, 7) is 5.49. The highest BCUT2D eigenvalue weighted by Gasteiger charge is 2.23. The van der Waals surface area contributed by atoms with Gasteiger partial charge in [-0.3, -0.25) is 0 Å². The molecule has 3 nitrogen and oxygen atoms in total. The molecule has 14 heavy (non-hydrogen) atoms. The Morgan fingerprint density at radius 2 is 2.43 bits per heavy atom. The van der Waals surface area contributed by atoms with Gasteiger partial charge in [-0.1, -0.05) is 13.3 Å². The second kappa shape index (κ2) is 6.00. The van der Waals surface area contributed by atoms with Gasteiger partial charge in [-0.05, 0) is 32.4 Å². The fourth-order valence-corrected chi connectivity index (χ4v) is 2.18. The molecule has 0 saturated carbocycles. The van der Waals surface area contributed by atoms with E-state index in [1.165, 1.54) is 32.4 Å². The van der Waals surface area contributed by atoms with Crippen molar-refractivity contribution in [2.24, 2.45) is 5.92 Å². The van der Waals surface area contributed by atoms with E-state index in [0.29, 0.717) is 0 Å². The minimum Gasteiger partial charge on any atom is -0.304 e. The third kappa shape index (κ3) is 3.28. The van der Waals surface area contributed by atoms with Crippen molar-refractivity contribution in [1.82, 2.24) is 10.2 Å². The summed E-state index contributed by atoms with van der Waals surface area (Å²) in [5.41, 5.74) is 0. The first kappa shape index (κ1) is 11.5. The molecule has 0 aliphatic carbocycles. The minimum atomic E-state index is -0.00428. The fraction of sp³-hybridized carbons (Fsp3) is 0.909. The first-order valence-corrected chi connectivity index (χ1v) is 5.59. The Morgan fingerprint density at radius 1 is 1.64 bits per heavy atom. The molecule has 0 radical (unpaired) electrons. The van der Waals surface area contributed by atoms with Crippen molar-refractivity contribution in [2.45, 2.75) is 32.2 Å². The maximum absolute atomic E-state index is 8.82. The first-order chi connectivity index (χ1) is 6.80. The van der Waals surface area contributed by atoms with Crippen LogP contribution in [0.2, 0.25) is 0 Å². The maximum atomic E-state index is 8.82. The lowest BCUT2D eigenvalue weighted by Gasteiger charge is -2.18. The number of hydrogen-bond donors (Lipinski definition) is 1. The van der Waals surface area contributed by atoms with Crippen LogP contribution >= 0.6 is 0 Å². The molecule has 0 aromatic heterocycles. The van der Waals surface area contributed by atoms with Crippen LogP contribution in [0.1, 0.15) is 26.2 Å². The highest BCUT2D eigenvalue weighted by atomic mass is 15.2. The molecule has 0 spiro atoms. The maximum Gasteiger partial charge on any atom is 0.108 e. The molecule has 0 bridgehead atoms. The van der Waals surface area contributed by atoms with E-state index in [4.69, 9.17) is 5.26 Å². The van der Waals surface area contributed by atoms with Crippen molar-refractivity contribution in [1.29, 1.82) is 5.26 Å². The fourth-order valence-electron chi connectivity index (χ4n) is 2.18. The van der Waals surface area contributed by atoms with Crippen LogP contribution in [0.5, 0.6) is 0 Å². The SMILES string of the molecule is CCCC1CCN(CC(C#N)NC)C1. The zero-order valence-electron chi connectivity index (χ0n) is 9.29. The normalized spacial score (nSPS) is 24.8. The van der Waals surface area contributed by atoms with Gasteiger partial charge in [0.25, 0.3) is 0 Å². The summed E-state index contributed by atoms with van der Waals surface area (Å²) >= 11 is 0. The lowest BCUT2D eigenvalue weighted by atomic mass is 10.0. The van der Waals surface area contributed by atoms with Crippen molar-refractivity contribution in [3.05, 3.63) is 0 Å². The van der Waals surface area contributed by atoms with Crippen molar-refractivity contribution >= 4 is 0 Å². The van der Waals surface area contributed by atoms with Gasteiger partial charge in [0.05, 0.1) is 6.07 Å². The van der Waals surface area contributed by atoms with Crippen LogP contribution < -0.4 is 5.32 Å². The van der Waals surface area contributed by atoms with Gasteiger partial charge in [0.15, 0.2) is 0 Å². The molecule has 1 rings (SSSR count). The number of nitrogens with zero attached hydrogens (tertiary/aromatic N) is 2. The van der Waals surface area contributed by atoms with E-state index in [0.717, 1.165) is 12.5 Å². The van der Waals surface area contributed by atoms with Crippen LogP contribution in [0.25, 0.3) is 0 Å². The van der Waals surface area contributed by atoms with Crippen LogP contribution in [0.3, 0.4) is 0 Å². The van der Waals surface area contributed by atoms with Gasteiger partial charge < -0.3 is 10.2 Å². The molecule has 1 saturated heterocycles. The minimum absolute atomic E-state index is 0.00428. The Bertz CT molecular complexity index is 197. The van der Waals surface area contributed by atoms with Crippen LogP contribution in [-0.2, 0) is 0 Å². The van der Waals surface area contributed by atoms with E-state index in [-0.39, 0.29) is 6.04 Å². The standard InChI is InChI=1S/C11H21N3/c1-3-4-10-5-6-14(8-10)9-11(7-12)13-2/h10-11,13H,3-6,8-9H2,1-2H3. The average molecular weight is 195 g/mol. The topological polar surface area (TPSA) is 39.1 Å². The molecule has 0 amide bonds. The molecular formula is C11H21N3. The number of nitriles is 1. The third-order valence-corrected chi connectivity index (χ3v) is 3.01. The van der Waals surface area contributed by atoms with Gasteiger partial charge in [0.2, 0.25) is 0 Å². The Hall–Kier alpha value is -0.590. The highest BCUT2D eigenvalue weighted by molar-refractivity contribution is 4.92. The average Bonchev–Trinajstić information content (AvgIpc) is 2.63. The summed E-state index contributed by atoms with van der Waals surface area (Å²) in [5, 5.41) is 11.8. The second-order valence-electron chi connectivity index (χ2n) is 4.17. The molecule has 3 heteroatoms. The Balaban J connectivity index is 2.25. The van der Waals surface area contributed by atoms with E-state index in [1.807, 2.05) is 7.05 Å². The molecule has 1 aliphatic rings. The zero-order chi connectivity index (χ0) is 10.4. The summed E-state index contributed by atoms with van der Waals surface area (Å²) in [5.74, 6) is 0.871. The van der Waals surface area contributed by atoms with Crippen LogP contribution in [0.4, 0.5) is 0 Å². The summed E-state index contributed by atoms with van der Waals surface area (Å²) < 4.78 is 0. The number of hydrogen-bond acceptors (Lipinski definition) is 3. The van der Waals surface area contributed by atoms with Gasteiger partial charge in [-0.2, -0.15) is 5.26 Å². The lowest BCUT2D eigenvalue weighted by Crippen LogP contribution is -2.37. The third-order valence-electron chi connectivity index (χ3n) is 3.01. The first-order valence-electron chi connectivity index (χ1n) is 5.59. The van der Waals surface area contributed by atoms with Crippen LogP contribution in [0, 0.1) is 17.2 Å². The van der Waals surface area contributed by atoms with Crippen LogP contribution in [0.15, 0.2) is 0 Å². The number of likely N-dealkylation sites (tertiary alicyclic amines) is 1. The molecule has 1 aliphatic heterocycles. The molecule has 1 heterocycles. The van der Waals surface area contributed by atoms with Gasteiger partial charge in [0.1, 0.15) is 6.04 Å². The molecular weight excluding hydrogens is 174 g/mol. The molecule has 2 unspecified atom stereocenters. The molecule has 80 valence electrons. The van der Waals surface area contributed by atoms with Gasteiger partial charge >= 0.3 is 0 Å². The highest BCUT2D eigenvalue weighted by Crippen LogP contribution is 2.20. The summed E-state index contributed by atoms with van der Waals surface area (Å²) in [4.78, 5) is 2.41. The van der Waals surface area contributed by atoms with Crippen molar-refractivity contribution in [2.75, 3.05) is 26.7 Å². The zero-order valence-corrected chi connectivity index (χ0v) is 9.29. The quantitative estimate of drug-likeness (QED) is 0.717. The lowest BCUT2D eigenvalue weighted by molar-refractivity contribution is 0.303. The monoisotopic (exact) mass is 195 g/mol. The van der Waals surface area contributed by atoms with Gasteiger partial charge in [-0.15, -0.1) is 0 Å². The Morgan fingerprint density at radius 3 is 3.00 bits per heavy atom. The predicted octanol–water partition coefficient (Wildman–Crippen LogP) is 1.22. The summed E-state index contributed by atoms with van der Waals surface area (Å²) in [6, 6.07) is 2.27. The van der Waals surface area contributed by atoms with Crippen molar-refractivity contribution in [3.8, 4) is 6.07 Å². The van der Waals surface area contributed by atoms with E-state index >= 15 is 0 Å². The van der Waals surface area contributed by atoms with Crippen LogP contribution in [-0.4, -0.2) is 37.6 Å². The van der Waals surface area contributed by atoms with Gasteiger partial charge in [0, 0.05) is 13.1 Å². The van der Waals surface area contributed by atoms with E-state index in [9.17, 15) is 0 Å². The number of likely N-dealkylation sites (N-methyl/N-ethyl adjacent to an activating group) is 1. The number of nitrogens with one attached hydrogen (secondary N) is 1. The largest absolute Gasteiger partial charge is 0.304 e. The number of rotatable bonds is 5. The van der Waals surface area contributed by atoms with E-state index in [2.05, 4.69) is 23.2 Å². The summed E-state index contributed by atoms with van der Waals surface area (Å²) in [7, 11) is 1.85.